The van der Waals surface area contributed by atoms with E-state index in [2.05, 4.69) is 5.32 Å². The van der Waals surface area contributed by atoms with Gasteiger partial charge in [0.2, 0.25) is 5.91 Å². The van der Waals surface area contributed by atoms with E-state index in [4.69, 9.17) is 5.73 Å². The van der Waals surface area contributed by atoms with Crippen molar-refractivity contribution in [1.82, 2.24) is 5.32 Å². The molecule has 0 spiro atoms. The Kier molecular flexibility index (Phi) is 2.84. The fraction of sp³-hybridized carbons (Fsp3) is 0.588. The van der Waals surface area contributed by atoms with Crippen molar-refractivity contribution < 1.29 is 4.79 Å². The Balaban J connectivity index is 1.33. The number of carbonyl (C=O) groups is 1. The minimum absolute atomic E-state index is 0.0349. The molecule has 20 heavy (non-hydrogen) atoms. The minimum atomic E-state index is -0.420. The van der Waals surface area contributed by atoms with Crippen molar-refractivity contribution in [3.63, 3.8) is 0 Å². The first-order valence-corrected chi connectivity index (χ1v) is 7.84. The molecule has 3 saturated carbocycles. The zero-order valence-electron chi connectivity index (χ0n) is 11.7. The van der Waals surface area contributed by atoms with Crippen LogP contribution in [0.25, 0.3) is 0 Å². The van der Waals surface area contributed by atoms with Crippen LogP contribution in [0.2, 0.25) is 0 Å². The number of amides is 1. The topological polar surface area (TPSA) is 55.1 Å². The number of nitrogens with one attached hydrogen (secondary N) is 1. The molecule has 1 aromatic rings. The summed E-state index contributed by atoms with van der Waals surface area (Å²) in [5.74, 6) is 3.37. The van der Waals surface area contributed by atoms with Crippen LogP contribution in [0.5, 0.6) is 0 Å². The summed E-state index contributed by atoms with van der Waals surface area (Å²) in [6.07, 6.45) is 4.81. The van der Waals surface area contributed by atoms with E-state index in [9.17, 15) is 4.79 Å². The van der Waals surface area contributed by atoms with Gasteiger partial charge in [-0.15, -0.1) is 0 Å². The van der Waals surface area contributed by atoms with Crippen LogP contribution in [0.4, 0.5) is 0 Å². The first-order valence-electron chi connectivity index (χ1n) is 7.84. The summed E-state index contributed by atoms with van der Waals surface area (Å²) in [5.41, 5.74) is 7.18. The largest absolute Gasteiger partial charge is 0.351 e. The maximum atomic E-state index is 12.2. The Morgan fingerprint density at radius 1 is 1.20 bits per heavy atom. The van der Waals surface area contributed by atoms with Gasteiger partial charge in [-0.25, -0.2) is 0 Å². The van der Waals surface area contributed by atoms with Crippen molar-refractivity contribution in [2.24, 2.45) is 29.4 Å². The molecule has 3 nitrogen and oxygen atoms in total. The van der Waals surface area contributed by atoms with Crippen LogP contribution in [-0.4, -0.2) is 18.0 Å². The molecule has 1 amide bonds. The molecule has 0 radical (unpaired) electrons. The smallest absolute Gasteiger partial charge is 0.237 e. The van der Waals surface area contributed by atoms with E-state index in [-0.39, 0.29) is 5.91 Å². The SMILES string of the molecule is NC(Cc1ccccc1)C(=O)NC1C2C3CCC(C3)C12. The predicted octanol–water partition coefficient (Wildman–Crippen LogP) is 1.72. The zero-order chi connectivity index (χ0) is 13.7. The summed E-state index contributed by atoms with van der Waals surface area (Å²) >= 11 is 0. The normalized spacial score (nSPS) is 38.4. The van der Waals surface area contributed by atoms with Crippen LogP contribution in [0.3, 0.4) is 0 Å². The van der Waals surface area contributed by atoms with Crippen LogP contribution < -0.4 is 11.1 Å². The van der Waals surface area contributed by atoms with E-state index in [1.54, 1.807) is 0 Å². The molecule has 0 aliphatic heterocycles. The van der Waals surface area contributed by atoms with E-state index in [0.29, 0.717) is 12.5 Å². The first-order chi connectivity index (χ1) is 9.74. The summed E-state index contributed by atoms with van der Waals surface area (Å²) in [4.78, 5) is 12.2. The lowest BCUT2D eigenvalue weighted by Gasteiger charge is -2.15. The molecule has 0 heterocycles. The van der Waals surface area contributed by atoms with Crippen LogP contribution >= 0.6 is 0 Å². The molecule has 4 rings (SSSR count). The third kappa shape index (κ3) is 1.96. The van der Waals surface area contributed by atoms with E-state index >= 15 is 0 Å². The Morgan fingerprint density at radius 2 is 1.85 bits per heavy atom. The van der Waals surface area contributed by atoms with Gasteiger partial charge in [0.1, 0.15) is 0 Å². The summed E-state index contributed by atoms with van der Waals surface area (Å²) in [5, 5.41) is 3.21. The molecule has 0 saturated heterocycles. The van der Waals surface area contributed by atoms with Gasteiger partial charge in [0.25, 0.3) is 0 Å². The molecular weight excluding hydrogens is 248 g/mol. The van der Waals surface area contributed by atoms with Gasteiger partial charge in [-0.3, -0.25) is 4.79 Å². The summed E-state index contributed by atoms with van der Waals surface area (Å²) in [6.45, 7) is 0. The average Bonchev–Trinajstić information content (AvgIpc) is 2.84. The third-order valence-electron chi connectivity index (χ3n) is 5.68. The fourth-order valence-electron chi connectivity index (χ4n) is 4.75. The Morgan fingerprint density at radius 3 is 2.50 bits per heavy atom. The van der Waals surface area contributed by atoms with Gasteiger partial charge in [0, 0.05) is 6.04 Å². The highest BCUT2D eigenvalue weighted by atomic mass is 16.2. The van der Waals surface area contributed by atoms with Gasteiger partial charge < -0.3 is 11.1 Å². The van der Waals surface area contributed by atoms with Gasteiger partial charge in [0.05, 0.1) is 6.04 Å². The Bertz CT molecular complexity index is 499. The van der Waals surface area contributed by atoms with Gasteiger partial charge >= 0.3 is 0 Å². The lowest BCUT2D eigenvalue weighted by molar-refractivity contribution is -0.122. The van der Waals surface area contributed by atoms with Crippen molar-refractivity contribution >= 4 is 5.91 Å². The summed E-state index contributed by atoms with van der Waals surface area (Å²) in [6, 6.07) is 10.0. The van der Waals surface area contributed by atoms with Crippen molar-refractivity contribution in [2.45, 2.75) is 37.8 Å². The molecule has 0 aromatic heterocycles. The second-order valence-corrected chi connectivity index (χ2v) is 6.82. The number of benzene rings is 1. The summed E-state index contributed by atoms with van der Waals surface area (Å²) < 4.78 is 0. The molecule has 3 N–H and O–H groups in total. The summed E-state index contributed by atoms with van der Waals surface area (Å²) in [7, 11) is 0. The van der Waals surface area contributed by atoms with Crippen LogP contribution in [0.15, 0.2) is 30.3 Å². The second-order valence-electron chi connectivity index (χ2n) is 6.82. The number of nitrogens with two attached hydrogens (primary N) is 1. The molecule has 3 aliphatic carbocycles. The van der Waals surface area contributed by atoms with Gasteiger partial charge in [-0.1, -0.05) is 30.3 Å². The van der Waals surface area contributed by atoms with E-state index in [0.717, 1.165) is 29.2 Å². The van der Waals surface area contributed by atoms with E-state index in [1.165, 1.54) is 19.3 Å². The molecule has 2 bridgehead atoms. The molecule has 3 fully saturated rings. The third-order valence-corrected chi connectivity index (χ3v) is 5.68. The van der Waals surface area contributed by atoms with E-state index in [1.807, 2.05) is 30.3 Å². The Hall–Kier alpha value is -1.35. The molecule has 3 heteroatoms. The number of hydrogen-bond donors (Lipinski definition) is 2. The number of carbonyl (C=O) groups excluding carboxylic acids is 1. The lowest BCUT2D eigenvalue weighted by atomic mass is 10.0. The first kappa shape index (κ1) is 12.4. The average molecular weight is 270 g/mol. The predicted molar refractivity (Wildman–Crippen MR) is 77.9 cm³/mol. The molecule has 1 aromatic carbocycles. The van der Waals surface area contributed by atoms with Crippen molar-refractivity contribution in [3.05, 3.63) is 35.9 Å². The highest BCUT2D eigenvalue weighted by Gasteiger charge is 2.65. The highest BCUT2D eigenvalue weighted by Crippen LogP contribution is 2.65. The number of rotatable bonds is 4. The number of fused-ring (bicyclic) bond motifs is 5. The monoisotopic (exact) mass is 270 g/mol. The maximum Gasteiger partial charge on any atom is 0.237 e. The molecule has 106 valence electrons. The van der Waals surface area contributed by atoms with Crippen molar-refractivity contribution in [1.29, 1.82) is 0 Å². The highest BCUT2D eigenvalue weighted by molar-refractivity contribution is 5.82. The molecule has 5 atom stereocenters. The van der Waals surface area contributed by atoms with Crippen LogP contribution in [0, 0.1) is 23.7 Å². The lowest BCUT2D eigenvalue weighted by Crippen LogP contribution is -2.44. The van der Waals surface area contributed by atoms with Gasteiger partial charge in [0.15, 0.2) is 0 Å². The second kappa shape index (κ2) is 4.59. The molecule has 5 unspecified atom stereocenters. The van der Waals surface area contributed by atoms with Gasteiger partial charge in [-0.05, 0) is 54.9 Å². The minimum Gasteiger partial charge on any atom is -0.351 e. The van der Waals surface area contributed by atoms with Crippen molar-refractivity contribution in [3.8, 4) is 0 Å². The number of hydrogen-bond acceptors (Lipinski definition) is 2. The molecular formula is C17H22N2O. The van der Waals surface area contributed by atoms with Crippen molar-refractivity contribution in [2.75, 3.05) is 0 Å². The quantitative estimate of drug-likeness (QED) is 0.875. The van der Waals surface area contributed by atoms with Gasteiger partial charge in [-0.2, -0.15) is 0 Å². The fourth-order valence-corrected chi connectivity index (χ4v) is 4.75. The van der Waals surface area contributed by atoms with Crippen LogP contribution in [-0.2, 0) is 11.2 Å². The van der Waals surface area contributed by atoms with Crippen LogP contribution in [0.1, 0.15) is 24.8 Å². The standard InChI is InChI=1S/C17H22N2O/c18-13(8-10-4-2-1-3-5-10)17(20)19-16-14-11-6-7-12(9-11)15(14)16/h1-5,11-16H,6-9,18H2,(H,19,20). The van der Waals surface area contributed by atoms with E-state index < -0.39 is 6.04 Å². The molecule has 3 aliphatic rings. The zero-order valence-corrected chi connectivity index (χ0v) is 11.7. The maximum absolute atomic E-state index is 12.2. The Labute approximate surface area is 119 Å².